The lowest BCUT2D eigenvalue weighted by atomic mass is 9.54. The van der Waals surface area contributed by atoms with E-state index >= 15 is 0 Å². The van der Waals surface area contributed by atoms with Gasteiger partial charge in [-0.25, -0.2) is 4.79 Å². The van der Waals surface area contributed by atoms with Crippen LogP contribution in [0.3, 0.4) is 0 Å². The number of aliphatic carboxylic acids is 1. The molecule has 0 aromatic rings. The summed E-state index contributed by atoms with van der Waals surface area (Å²) in [5, 5.41) is 30.6. The molecule has 0 saturated heterocycles. The second-order valence-electron chi connectivity index (χ2n) is 10.7. The van der Waals surface area contributed by atoms with Crippen molar-refractivity contribution in [3.8, 4) is 0 Å². The summed E-state index contributed by atoms with van der Waals surface area (Å²) in [5.74, 6) is -3.03. The summed E-state index contributed by atoms with van der Waals surface area (Å²) >= 11 is 0. The molecule has 7 heteroatoms. The van der Waals surface area contributed by atoms with Crippen molar-refractivity contribution in [2.75, 3.05) is 0 Å². The molecule has 2 rings (SSSR count). The fourth-order valence-corrected chi connectivity index (χ4v) is 5.09. The van der Waals surface area contributed by atoms with Crippen LogP contribution >= 0.6 is 0 Å². The molecule has 0 heterocycles. The zero-order valence-corrected chi connectivity index (χ0v) is 22.8. The number of allylic oxidation sites excluding steroid dienone is 8. The zero-order chi connectivity index (χ0) is 28.1. The van der Waals surface area contributed by atoms with Gasteiger partial charge in [-0.3, -0.25) is 9.59 Å². The third-order valence-electron chi connectivity index (χ3n) is 7.71. The van der Waals surface area contributed by atoms with Gasteiger partial charge in [0.05, 0.1) is 23.0 Å². The van der Waals surface area contributed by atoms with E-state index < -0.39 is 47.0 Å². The van der Waals surface area contributed by atoms with E-state index in [1.54, 1.807) is 58.1 Å². The van der Waals surface area contributed by atoms with Crippen molar-refractivity contribution < 1.29 is 34.4 Å². The molecule has 7 atom stereocenters. The van der Waals surface area contributed by atoms with Gasteiger partial charge >= 0.3 is 11.9 Å². The summed E-state index contributed by atoms with van der Waals surface area (Å²) in [4.78, 5) is 36.5. The number of carboxylic acid groups (broad SMARTS) is 1. The highest BCUT2D eigenvalue weighted by atomic mass is 16.5. The number of carboxylic acids is 1. The van der Waals surface area contributed by atoms with Crippen molar-refractivity contribution in [3.05, 3.63) is 71.4 Å². The van der Waals surface area contributed by atoms with Gasteiger partial charge in [-0.2, -0.15) is 0 Å². The van der Waals surface area contributed by atoms with Crippen molar-refractivity contribution in [1.29, 1.82) is 0 Å². The van der Waals surface area contributed by atoms with Crippen LogP contribution in [0.2, 0.25) is 0 Å². The molecule has 0 amide bonds. The molecule has 0 unspecified atom stereocenters. The maximum Gasteiger partial charge on any atom is 0.328 e. The van der Waals surface area contributed by atoms with Crippen LogP contribution in [0.25, 0.3) is 0 Å². The average Bonchev–Trinajstić information content (AvgIpc) is 2.79. The lowest BCUT2D eigenvalue weighted by molar-refractivity contribution is -0.172. The van der Waals surface area contributed by atoms with Crippen molar-refractivity contribution >= 4 is 17.7 Å². The molecular weight excluding hydrogens is 472 g/mol. The van der Waals surface area contributed by atoms with Gasteiger partial charge in [0.15, 0.2) is 0 Å². The van der Waals surface area contributed by atoms with Crippen LogP contribution in [0, 0.1) is 23.2 Å². The Kier molecular flexibility index (Phi) is 9.80. The molecule has 0 radical (unpaired) electrons. The van der Waals surface area contributed by atoms with Gasteiger partial charge in [-0.15, -0.1) is 0 Å². The Hall–Kier alpha value is -3.03. The molecule has 0 aliphatic heterocycles. The number of aliphatic hydroxyl groups excluding tert-OH is 1. The lowest BCUT2D eigenvalue weighted by Crippen LogP contribution is -2.59. The standard InChI is InChI=1S/C30H40O7/c1-18(11-9-13-25(32)33)10-8-12-20(3)27(34)21(4)28(35)37-24-17-19(2)16-23-14-15-29(6,36)30(7,22(5)31)26(23)24/h8-16,19,21,24,26-27,34,36H,17H2,1-7H3,(H,32,33)/b10-8+,13-9+,18-11+,20-12+/t19-,21+,24+,26+,27+,29-,30-/m1/s1. The van der Waals surface area contributed by atoms with Crippen molar-refractivity contribution in [2.24, 2.45) is 23.2 Å². The Labute approximate surface area is 219 Å². The highest BCUT2D eigenvalue weighted by Crippen LogP contribution is 2.52. The number of Topliss-reactive ketones (excluding diaryl/α,β-unsaturated/α-hetero) is 1. The first kappa shape index (κ1) is 30.2. The van der Waals surface area contributed by atoms with Gasteiger partial charge < -0.3 is 20.1 Å². The zero-order valence-electron chi connectivity index (χ0n) is 22.8. The highest BCUT2D eigenvalue weighted by Gasteiger charge is 2.58. The molecule has 0 spiro atoms. The topological polar surface area (TPSA) is 121 Å². The highest BCUT2D eigenvalue weighted by molar-refractivity contribution is 5.85. The number of hydrogen-bond donors (Lipinski definition) is 3. The Morgan fingerprint density at radius 2 is 1.73 bits per heavy atom. The number of carbonyl (C=O) groups is 3. The number of rotatable bonds is 9. The van der Waals surface area contributed by atoms with E-state index in [0.717, 1.165) is 17.2 Å². The number of carbonyl (C=O) groups excluding carboxylic acids is 2. The Bertz CT molecular complexity index is 1090. The van der Waals surface area contributed by atoms with E-state index in [-0.39, 0.29) is 11.7 Å². The molecule has 0 aromatic heterocycles. The molecule has 202 valence electrons. The van der Waals surface area contributed by atoms with E-state index in [0.29, 0.717) is 12.0 Å². The number of ether oxygens (including phenoxy) is 1. The third-order valence-corrected chi connectivity index (χ3v) is 7.71. The van der Waals surface area contributed by atoms with Gasteiger partial charge in [0.1, 0.15) is 11.9 Å². The number of aliphatic hydroxyl groups is 2. The van der Waals surface area contributed by atoms with Crippen LogP contribution in [-0.4, -0.2) is 50.9 Å². The first-order chi connectivity index (χ1) is 17.1. The van der Waals surface area contributed by atoms with Gasteiger partial charge in [-0.05, 0) is 65.0 Å². The SMILES string of the molecule is CC(=O)[C@]1(C)[C@H]2C(=C[C@@H](C)C[C@@H]2OC(=O)[C@@H](C)[C@@H](O)/C(C)=C/C=C/C(C)=C/C=C/C(=O)O)C=C[C@@]1(C)O. The fraction of sp³-hybridized carbons (Fsp3) is 0.500. The molecule has 3 N–H and O–H groups in total. The summed E-state index contributed by atoms with van der Waals surface area (Å²) in [7, 11) is 0. The summed E-state index contributed by atoms with van der Waals surface area (Å²) < 4.78 is 5.96. The Morgan fingerprint density at radius 1 is 1.11 bits per heavy atom. The summed E-state index contributed by atoms with van der Waals surface area (Å²) in [5.41, 5.74) is -0.337. The van der Waals surface area contributed by atoms with Crippen molar-refractivity contribution in [3.63, 3.8) is 0 Å². The molecule has 0 bridgehead atoms. The summed E-state index contributed by atoms with van der Waals surface area (Å²) in [6.07, 6.45) is 13.6. The van der Waals surface area contributed by atoms with Crippen molar-refractivity contribution in [1.82, 2.24) is 0 Å². The molecule has 7 nitrogen and oxygen atoms in total. The minimum atomic E-state index is -1.40. The van der Waals surface area contributed by atoms with Crippen LogP contribution < -0.4 is 0 Å². The lowest BCUT2D eigenvalue weighted by Gasteiger charge is -2.52. The minimum Gasteiger partial charge on any atom is -0.478 e. The van der Waals surface area contributed by atoms with E-state index in [4.69, 9.17) is 9.84 Å². The van der Waals surface area contributed by atoms with Gasteiger partial charge in [-0.1, -0.05) is 61.1 Å². The first-order valence-electron chi connectivity index (χ1n) is 12.6. The first-order valence-corrected chi connectivity index (χ1v) is 12.6. The largest absolute Gasteiger partial charge is 0.478 e. The normalized spacial score (nSPS) is 32.1. The Morgan fingerprint density at radius 3 is 2.32 bits per heavy atom. The summed E-state index contributed by atoms with van der Waals surface area (Å²) in [6.45, 7) is 11.9. The van der Waals surface area contributed by atoms with Crippen LogP contribution in [0.15, 0.2) is 71.4 Å². The maximum atomic E-state index is 13.2. The van der Waals surface area contributed by atoms with Crippen LogP contribution in [-0.2, 0) is 19.1 Å². The smallest absolute Gasteiger partial charge is 0.328 e. The second-order valence-corrected chi connectivity index (χ2v) is 10.7. The predicted octanol–water partition coefficient (Wildman–Crippen LogP) is 4.48. The number of fused-ring (bicyclic) bond motifs is 1. The number of esters is 1. The number of hydrogen-bond acceptors (Lipinski definition) is 6. The second kappa shape index (κ2) is 12.0. The molecule has 2 aliphatic rings. The molecule has 37 heavy (non-hydrogen) atoms. The van der Waals surface area contributed by atoms with Crippen LogP contribution in [0.4, 0.5) is 0 Å². The Balaban J connectivity index is 2.19. The van der Waals surface area contributed by atoms with E-state index in [2.05, 4.69) is 6.08 Å². The molecule has 0 saturated carbocycles. The fourth-order valence-electron chi connectivity index (χ4n) is 5.09. The summed E-state index contributed by atoms with van der Waals surface area (Å²) in [6, 6.07) is 0. The van der Waals surface area contributed by atoms with E-state index in [1.165, 1.54) is 13.0 Å². The molecule has 0 fully saturated rings. The quantitative estimate of drug-likeness (QED) is 0.237. The van der Waals surface area contributed by atoms with Crippen LogP contribution in [0.5, 0.6) is 0 Å². The number of ketones is 1. The minimum absolute atomic E-state index is 0.113. The molecule has 0 aromatic carbocycles. The predicted molar refractivity (Wildman–Crippen MR) is 142 cm³/mol. The van der Waals surface area contributed by atoms with Crippen LogP contribution in [0.1, 0.15) is 54.9 Å². The van der Waals surface area contributed by atoms with Gasteiger partial charge in [0.2, 0.25) is 0 Å². The monoisotopic (exact) mass is 512 g/mol. The van der Waals surface area contributed by atoms with Gasteiger partial charge in [0.25, 0.3) is 0 Å². The maximum absolute atomic E-state index is 13.2. The molecule has 2 aliphatic carbocycles. The third kappa shape index (κ3) is 6.84. The van der Waals surface area contributed by atoms with E-state index in [1.807, 2.05) is 19.9 Å². The van der Waals surface area contributed by atoms with Gasteiger partial charge in [0, 0.05) is 12.0 Å². The van der Waals surface area contributed by atoms with E-state index in [9.17, 15) is 24.6 Å². The molecular formula is C30H40O7. The average molecular weight is 513 g/mol. The van der Waals surface area contributed by atoms with Crippen molar-refractivity contribution in [2.45, 2.75) is 72.7 Å².